The topological polar surface area (TPSA) is 3.24 Å². The van der Waals surface area contributed by atoms with Crippen LogP contribution in [0.1, 0.15) is 11.1 Å². The van der Waals surface area contributed by atoms with Gasteiger partial charge >= 0.3 is 0 Å². The molecule has 0 unspecified atom stereocenters. The average Bonchev–Trinajstić information content (AvgIpc) is 2.38. The largest absolute Gasteiger partial charge is 0.378 e. The minimum atomic E-state index is -0.206. The zero-order valence-corrected chi connectivity index (χ0v) is 10.6. The Balaban J connectivity index is 2.11. The standard InChI is InChI=1S/C16H16FN/c1-18(2)16-11-7-14(8-12-16)4-3-13-5-9-15(17)10-6-13/h3-12H,1-2H3/b4-3-. The highest BCUT2D eigenvalue weighted by Crippen LogP contribution is 2.14. The molecule has 0 saturated heterocycles. The van der Waals surface area contributed by atoms with E-state index in [1.54, 1.807) is 12.1 Å². The Morgan fingerprint density at radius 1 is 0.778 bits per heavy atom. The molecule has 0 atom stereocenters. The summed E-state index contributed by atoms with van der Waals surface area (Å²) in [6.45, 7) is 0. The van der Waals surface area contributed by atoms with E-state index in [4.69, 9.17) is 0 Å². The van der Waals surface area contributed by atoms with E-state index in [0.717, 1.165) is 11.1 Å². The molecule has 2 aromatic carbocycles. The second kappa shape index (κ2) is 5.50. The van der Waals surface area contributed by atoms with E-state index in [1.165, 1.54) is 17.8 Å². The first-order valence-electron chi connectivity index (χ1n) is 5.86. The first-order valence-corrected chi connectivity index (χ1v) is 5.86. The zero-order chi connectivity index (χ0) is 13.0. The molecule has 0 amide bonds. The first-order chi connectivity index (χ1) is 8.65. The smallest absolute Gasteiger partial charge is 0.123 e. The Morgan fingerprint density at radius 2 is 1.22 bits per heavy atom. The summed E-state index contributed by atoms with van der Waals surface area (Å²) in [4.78, 5) is 2.06. The van der Waals surface area contributed by atoms with Crippen molar-refractivity contribution in [1.29, 1.82) is 0 Å². The molecule has 0 aliphatic rings. The predicted octanol–water partition coefficient (Wildman–Crippen LogP) is 4.06. The number of nitrogens with zero attached hydrogens (tertiary/aromatic N) is 1. The van der Waals surface area contributed by atoms with Crippen LogP contribution in [0.25, 0.3) is 12.2 Å². The fourth-order valence-electron chi connectivity index (χ4n) is 1.65. The Labute approximate surface area is 107 Å². The van der Waals surface area contributed by atoms with Gasteiger partial charge in [-0.3, -0.25) is 0 Å². The Hall–Kier alpha value is -2.09. The molecular formula is C16H16FN. The number of anilines is 1. The third-order valence-electron chi connectivity index (χ3n) is 2.75. The summed E-state index contributed by atoms with van der Waals surface area (Å²) in [5, 5.41) is 0. The molecule has 2 aromatic rings. The van der Waals surface area contributed by atoms with Crippen LogP contribution in [0.15, 0.2) is 48.5 Å². The molecule has 18 heavy (non-hydrogen) atoms. The fraction of sp³-hybridized carbons (Fsp3) is 0.125. The van der Waals surface area contributed by atoms with Gasteiger partial charge in [-0.15, -0.1) is 0 Å². The molecule has 0 saturated carbocycles. The maximum atomic E-state index is 12.7. The molecule has 0 aromatic heterocycles. The monoisotopic (exact) mass is 241 g/mol. The number of halogens is 1. The molecule has 2 rings (SSSR count). The molecule has 0 N–H and O–H groups in total. The van der Waals surface area contributed by atoms with Gasteiger partial charge < -0.3 is 4.90 Å². The lowest BCUT2D eigenvalue weighted by molar-refractivity contribution is 0.628. The van der Waals surface area contributed by atoms with Crippen LogP contribution in [0.4, 0.5) is 10.1 Å². The molecule has 0 spiro atoms. The first kappa shape index (κ1) is 12.4. The third-order valence-corrected chi connectivity index (χ3v) is 2.75. The molecular weight excluding hydrogens is 225 g/mol. The van der Waals surface area contributed by atoms with E-state index >= 15 is 0 Å². The van der Waals surface area contributed by atoms with Gasteiger partial charge in [0.15, 0.2) is 0 Å². The van der Waals surface area contributed by atoms with Gasteiger partial charge in [0, 0.05) is 19.8 Å². The van der Waals surface area contributed by atoms with Gasteiger partial charge in [-0.05, 0) is 35.4 Å². The highest BCUT2D eigenvalue weighted by atomic mass is 19.1. The van der Waals surface area contributed by atoms with Crippen LogP contribution in [-0.2, 0) is 0 Å². The van der Waals surface area contributed by atoms with Gasteiger partial charge in [0.25, 0.3) is 0 Å². The van der Waals surface area contributed by atoms with E-state index in [9.17, 15) is 4.39 Å². The molecule has 2 heteroatoms. The van der Waals surface area contributed by atoms with Gasteiger partial charge in [-0.25, -0.2) is 4.39 Å². The van der Waals surface area contributed by atoms with Crippen LogP contribution in [0, 0.1) is 5.82 Å². The maximum absolute atomic E-state index is 12.7. The van der Waals surface area contributed by atoms with E-state index < -0.39 is 0 Å². The van der Waals surface area contributed by atoms with Crippen molar-refractivity contribution in [2.24, 2.45) is 0 Å². The zero-order valence-electron chi connectivity index (χ0n) is 10.6. The second-order valence-corrected chi connectivity index (χ2v) is 4.37. The molecule has 0 heterocycles. The van der Waals surface area contributed by atoms with Crippen LogP contribution in [0.5, 0.6) is 0 Å². The van der Waals surface area contributed by atoms with E-state index in [0.29, 0.717) is 0 Å². The lowest BCUT2D eigenvalue weighted by Gasteiger charge is -2.11. The van der Waals surface area contributed by atoms with Crippen molar-refractivity contribution in [3.05, 3.63) is 65.5 Å². The van der Waals surface area contributed by atoms with Crippen molar-refractivity contribution < 1.29 is 4.39 Å². The van der Waals surface area contributed by atoms with Crippen molar-refractivity contribution in [2.75, 3.05) is 19.0 Å². The number of hydrogen-bond acceptors (Lipinski definition) is 1. The summed E-state index contributed by atoms with van der Waals surface area (Å²) in [5.74, 6) is -0.206. The Kier molecular flexibility index (Phi) is 3.78. The van der Waals surface area contributed by atoms with E-state index in [1.807, 2.05) is 26.2 Å². The average molecular weight is 241 g/mol. The molecule has 1 nitrogen and oxygen atoms in total. The van der Waals surface area contributed by atoms with Gasteiger partial charge in [0.2, 0.25) is 0 Å². The van der Waals surface area contributed by atoms with Crippen molar-refractivity contribution >= 4 is 17.8 Å². The number of benzene rings is 2. The van der Waals surface area contributed by atoms with Crippen molar-refractivity contribution in [1.82, 2.24) is 0 Å². The number of hydrogen-bond donors (Lipinski definition) is 0. The van der Waals surface area contributed by atoms with Crippen molar-refractivity contribution in [2.45, 2.75) is 0 Å². The number of rotatable bonds is 3. The van der Waals surface area contributed by atoms with Gasteiger partial charge in [-0.2, -0.15) is 0 Å². The van der Waals surface area contributed by atoms with Gasteiger partial charge in [0.1, 0.15) is 5.82 Å². The van der Waals surface area contributed by atoms with Gasteiger partial charge in [-0.1, -0.05) is 36.4 Å². The van der Waals surface area contributed by atoms with Crippen LogP contribution in [-0.4, -0.2) is 14.1 Å². The van der Waals surface area contributed by atoms with Crippen LogP contribution >= 0.6 is 0 Å². The fourth-order valence-corrected chi connectivity index (χ4v) is 1.65. The molecule has 0 radical (unpaired) electrons. The Bertz CT molecular complexity index is 524. The maximum Gasteiger partial charge on any atom is 0.123 e. The second-order valence-electron chi connectivity index (χ2n) is 4.37. The summed E-state index contributed by atoms with van der Waals surface area (Å²) in [6, 6.07) is 14.7. The van der Waals surface area contributed by atoms with Crippen LogP contribution in [0.3, 0.4) is 0 Å². The normalized spacial score (nSPS) is 10.8. The van der Waals surface area contributed by atoms with Crippen LogP contribution < -0.4 is 4.90 Å². The molecule has 0 fully saturated rings. The lowest BCUT2D eigenvalue weighted by atomic mass is 10.1. The molecule has 0 aliphatic heterocycles. The minimum Gasteiger partial charge on any atom is -0.378 e. The summed E-state index contributed by atoms with van der Waals surface area (Å²) < 4.78 is 12.7. The minimum absolute atomic E-state index is 0.206. The van der Waals surface area contributed by atoms with Crippen LogP contribution in [0.2, 0.25) is 0 Å². The quantitative estimate of drug-likeness (QED) is 0.732. The summed E-state index contributed by atoms with van der Waals surface area (Å²) in [6.07, 6.45) is 4.00. The SMILES string of the molecule is CN(C)c1ccc(/C=C\c2ccc(F)cc2)cc1. The predicted molar refractivity (Wildman–Crippen MR) is 76.1 cm³/mol. The summed E-state index contributed by atoms with van der Waals surface area (Å²) in [5.41, 5.74) is 3.30. The van der Waals surface area contributed by atoms with E-state index in [2.05, 4.69) is 29.2 Å². The lowest BCUT2D eigenvalue weighted by Crippen LogP contribution is -2.07. The van der Waals surface area contributed by atoms with Crippen molar-refractivity contribution in [3.8, 4) is 0 Å². The highest BCUT2D eigenvalue weighted by molar-refractivity contribution is 5.70. The van der Waals surface area contributed by atoms with Gasteiger partial charge in [0.05, 0.1) is 0 Å². The molecule has 0 aliphatic carbocycles. The summed E-state index contributed by atoms with van der Waals surface area (Å²) in [7, 11) is 4.03. The highest BCUT2D eigenvalue weighted by Gasteiger charge is 1.94. The third kappa shape index (κ3) is 3.20. The molecule has 92 valence electrons. The van der Waals surface area contributed by atoms with Crippen molar-refractivity contribution in [3.63, 3.8) is 0 Å². The summed E-state index contributed by atoms with van der Waals surface area (Å²) >= 11 is 0. The Morgan fingerprint density at radius 3 is 1.67 bits per heavy atom. The molecule has 0 bridgehead atoms. The van der Waals surface area contributed by atoms with E-state index in [-0.39, 0.29) is 5.82 Å².